The van der Waals surface area contributed by atoms with Crippen LogP contribution in [0.1, 0.15) is 34.3 Å². The van der Waals surface area contributed by atoms with Gasteiger partial charge in [-0.05, 0) is 26.0 Å². The minimum atomic E-state index is 0.209. The third-order valence-corrected chi connectivity index (χ3v) is 2.71. The molecule has 13 heavy (non-hydrogen) atoms. The first-order valence-electron chi connectivity index (χ1n) is 4.23. The van der Waals surface area contributed by atoms with E-state index in [4.69, 9.17) is 0 Å². The van der Waals surface area contributed by atoms with Crippen molar-refractivity contribution in [2.75, 3.05) is 0 Å². The summed E-state index contributed by atoms with van der Waals surface area (Å²) < 4.78 is 0. The molecule has 1 rings (SSSR count). The molecule has 0 aliphatic heterocycles. The van der Waals surface area contributed by atoms with Crippen LogP contribution in [0.2, 0.25) is 0 Å². The summed E-state index contributed by atoms with van der Waals surface area (Å²) >= 11 is 1.56. The SMILES string of the molecule is CC#CCCC(=O)c1ccc(C)s1. The fourth-order valence-electron chi connectivity index (χ4n) is 1.01. The summed E-state index contributed by atoms with van der Waals surface area (Å²) in [6.07, 6.45) is 1.22. The third-order valence-electron chi connectivity index (χ3n) is 1.67. The number of hydrogen-bond donors (Lipinski definition) is 0. The van der Waals surface area contributed by atoms with Crippen molar-refractivity contribution in [1.29, 1.82) is 0 Å². The lowest BCUT2D eigenvalue weighted by atomic mass is 10.2. The maximum atomic E-state index is 11.5. The molecule has 1 nitrogen and oxygen atoms in total. The monoisotopic (exact) mass is 192 g/mol. The van der Waals surface area contributed by atoms with Gasteiger partial charge in [0, 0.05) is 17.7 Å². The van der Waals surface area contributed by atoms with E-state index in [1.54, 1.807) is 18.3 Å². The van der Waals surface area contributed by atoms with Crippen LogP contribution in [0.5, 0.6) is 0 Å². The zero-order valence-electron chi connectivity index (χ0n) is 7.89. The van der Waals surface area contributed by atoms with Crippen molar-refractivity contribution < 1.29 is 4.79 Å². The lowest BCUT2D eigenvalue weighted by molar-refractivity contribution is 0.0988. The summed E-state index contributed by atoms with van der Waals surface area (Å²) in [5.41, 5.74) is 0. The van der Waals surface area contributed by atoms with Crippen molar-refractivity contribution in [2.24, 2.45) is 0 Å². The van der Waals surface area contributed by atoms with Gasteiger partial charge in [0.15, 0.2) is 5.78 Å². The number of Topliss-reactive ketones (excluding diaryl/α,β-unsaturated/α-hetero) is 1. The molecule has 0 saturated heterocycles. The Morgan fingerprint density at radius 3 is 2.85 bits per heavy atom. The highest BCUT2D eigenvalue weighted by atomic mass is 32.1. The van der Waals surface area contributed by atoms with Gasteiger partial charge in [0.25, 0.3) is 0 Å². The summed E-state index contributed by atoms with van der Waals surface area (Å²) in [6.45, 7) is 3.80. The van der Waals surface area contributed by atoms with Gasteiger partial charge < -0.3 is 0 Å². The first kappa shape index (κ1) is 10.0. The Labute approximate surface area is 82.8 Å². The normalized spacial score (nSPS) is 9.08. The largest absolute Gasteiger partial charge is 0.293 e. The smallest absolute Gasteiger partial charge is 0.173 e. The molecule has 0 aliphatic carbocycles. The van der Waals surface area contributed by atoms with Gasteiger partial charge in [0.2, 0.25) is 0 Å². The Hall–Kier alpha value is -1.07. The molecule has 0 saturated carbocycles. The van der Waals surface area contributed by atoms with E-state index in [-0.39, 0.29) is 5.78 Å². The minimum absolute atomic E-state index is 0.209. The molecule has 2 heteroatoms. The third kappa shape index (κ3) is 3.04. The Balaban J connectivity index is 2.52. The zero-order chi connectivity index (χ0) is 9.68. The first-order valence-corrected chi connectivity index (χ1v) is 5.05. The van der Waals surface area contributed by atoms with Gasteiger partial charge in [-0.15, -0.1) is 23.2 Å². The van der Waals surface area contributed by atoms with Gasteiger partial charge in [0.1, 0.15) is 0 Å². The second-order valence-corrected chi connectivity index (χ2v) is 4.05. The molecule has 0 amide bonds. The number of carbonyl (C=O) groups is 1. The van der Waals surface area contributed by atoms with Crippen LogP contribution >= 0.6 is 11.3 Å². The molecule has 0 aromatic carbocycles. The van der Waals surface area contributed by atoms with Gasteiger partial charge in [-0.3, -0.25) is 4.79 Å². The van der Waals surface area contributed by atoms with E-state index in [9.17, 15) is 4.79 Å². The topological polar surface area (TPSA) is 17.1 Å². The molecule has 0 aliphatic rings. The van der Waals surface area contributed by atoms with Crippen LogP contribution < -0.4 is 0 Å². The van der Waals surface area contributed by atoms with Crippen molar-refractivity contribution >= 4 is 17.1 Å². The van der Waals surface area contributed by atoms with E-state index < -0.39 is 0 Å². The predicted molar refractivity (Wildman–Crippen MR) is 56.1 cm³/mol. The number of aryl methyl sites for hydroxylation is 1. The van der Waals surface area contributed by atoms with E-state index in [2.05, 4.69) is 11.8 Å². The number of carbonyl (C=O) groups excluding carboxylic acids is 1. The minimum Gasteiger partial charge on any atom is -0.293 e. The quantitative estimate of drug-likeness (QED) is 0.531. The van der Waals surface area contributed by atoms with E-state index in [1.807, 2.05) is 19.1 Å². The molecule has 68 valence electrons. The van der Waals surface area contributed by atoms with E-state index >= 15 is 0 Å². The van der Waals surface area contributed by atoms with Gasteiger partial charge in [0.05, 0.1) is 4.88 Å². The van der Waals surface area contributed by atoms with Crippen LogP contribution in [-0.2, 0) is 0 Å². The Kier molecular flexibility index (Phi) is 3.72. The summed E-state index contributed by atoms with van der Waals surface area (Å²) in [7, 11) is 0. The van der Waals surface area contributed by atoms with Crippen molar-refractivity contribution in [3.8, 4) is 11.8 Å². The summed E-state index contributed by atoms with van der Waals surface area (Å²) in [6, 6.07) is 3.87. The van der Waals surface area contributed by atoms with Crippen LogP contribution in [0.25, 0.3) is 0 Å². The summed E-state index contributed by atoms with van der Waals surface area (Å²) in [5.74, 6) is 5.88. The lowest BCUT2D eigenvalue weighted by Crippen LogP contribution is -1.93. The Morgan fingerprint density at radius 2 is 2.31 bits per heavy atom. The highest BCUT2D eigenvalue weighted by molar-refractivity contribution is 7.14. The lowest BCUT2D eigenvalue weighted by Gasteiger charge is -1.91. The van der Waals surface area contributed by atoms with E-state index in [0.29, 0.717) is 12.8 Å². The van der Waals surface area contributed by atoms with Crippen molar-refractivity contribution in [3.63, 3.8) is 0 Å². The molecular weight excluding hydrogens is 180 g/mol. The molecule has 1 heterocycles. The second-order valence-electron chi connectivity index (χ2n) is 2.76. The molecule has 0 bridgehead atoms. The van der Waals surface area contributed by atoms with Gasteiger partial charge in [-0.1, -0.05) is 0 Å². The van der Waals surface area contributed by atoms with E-state index in [0.717, 1.165) is 4.88 Å². The fraction of sp³-hybridized carbons (Fsp3) is 0.364. The highest BCUT2D eigenvalue weighted by Gasteiger charge is 2.06. The van der Waals surface area contributed by atoms with Crippen LogP contribution in [0.4, 0.5) is 0 Å². The number of hydrogen-bond acceptors (Lipinski definition) is 2. The van der Waals surface area contributed by atoms with Crippen molar-refractivity contribution in [2.45, 2.75) is 26.7 Å². The van der Waals surface area contributed by atoms with Gasteiger partial charge in [-0.2, -0.15) is 0 Å². The molecule has 0 radical (unpaired) electrons. The second kappa shape index (κ2) is 4.84. The van der Waals surface area contributed by atoms with E-state index in [1.165, 1.54) is 4.88 Å². The Morgan fingerprint density at radius 1 is 1.54 bits per heavy atom. The molecule has 0 fully saturated rings. The molecule has 0 unspecified atom stereocenters. The average molecular weight is 192 g/mol. The standard InChI is InChI=1S/C11H12OS/c1-3-4-5-6-10(12)11-8-7-9(2)13-11/h7-8H,5-6H2,1-2H3. The molecule has 1 aromatic rings. The van der Waals surface area contributed by atoms with Crippen molar-refractivity contribution in [3.05, 3.63) is 21.9 Å². The molecular formula is C11H12OS. The van der Waals surface area contributed by atoms with Crippen LogP contribution in [-0.4, -0.2) is 5.78 Å². The fourth-order valence-corrected chi connectivity index (χ4v) is 1.84. The van der Waals surface area contributed by atoms with Crippen molar-refractivity contribution in [1.82, 2.24) is 0 Å². The highest BCUT2D eigenvalue weighted by Crippen LogP contribution is 2.17. The maximum Gasteiger partial charge on any atom is 0.173 e. The summed E-state index contributed by atoms with van der Waals surface area (Å²) in [5, 5.41) is 0. The predicted octanol–water partition coefficient (Wildman–Crippen LogP) is 3.04. The average Bonchev–Trinajstić information content (AvgIpc) is 2.52. The van der Waals surface area contributed by atoms with Gasteiger partial charge in [-0.25, -0.2) is 0 Å². The molecule has 0 spiro atoms. The summed E-state index contributed by atoms with van der Waals surface area (Å²) in [4.78, 5) is 13.5. The van der Waals surface area contributed by atoms with Crippen LogP contribution in [0.3, 0.4) is 0 Å². The Bertz CT molecular complexity index is 352. The maximum absolute atomic E-state index is 11.5. The molecule has 0 N–H and O–H groups in total. The van der Waals surface area contributed by atoms with Crippen LogP contribution in [0, 0.1) is 18.8 Å². The number of rotatable bonds is 3. The van der Waals surface area contributed by atoms with Gasteiger partial charge >= 0.3 is 0 Å². The number of thiophene rings is 1. The number of ketones is 1. The zero-order valence-corrected chi connectivity index (χ0v) is 8.70. The van der Waals surface area contributed by atoms with Crippen LogP contribution in [0.15, 0.2) is 12.1 Å². The first-order chi connectivity index (χ1) is 6.24. The molecule has 0 atom stereocenters. The molecule has 1 aromatic heterocycles.